The fourth-order valence-corrected chi connectivity index (χ4v) is 3.43. The maximum Gasteiger partial charge on any atom is 0.416 e. The quantitative estimate of drug-likeness (QED) is 0.596. The van der Waals surface area contributed by atoms with Gasteiger partial charge in [-0.15, -0.1) is 0 Å². The van der Waals surface area contributed by atoms with Gasteiger partial charge < -0.3 is 25.0 Å². The number of ether oxygens (including phenoxy) is 2. The van der Waals surface area contributed by atoms with Crippen LogP contribution in [0.3, 0.4) is 0 Å². The molecule has 0 bridgehead atoms. The van der Waals surface area contributed by atoms with Crippen LogP contribution in [0.5, 0.6) is 11.5 Å². The van der Waals surface area contributed by atoms with E-state index in [-0.39, 0.29) is 24.9 Å². The predicted octanol–water partition coefficient (Wildman–Crippen LogP) is 4.67. The Morgan fingerprint density at radius 1 is 0.941 bits per heavy atom. The number of carbonyl (C=O) groups excluding carboxylic acids is 2. The van der Waals surface area contributed by atoms with Gasteiger partial charge in [-0.1, -0.05) is 0 Å². The van der Waals surface area contributed by atoms with Crippen molar-refractivity contribution in [2.45, 2.75) is 24.8 Å². The van der Waals surface area contributed by atoms with Crippen molar-refractivity contribution in [2.24, 2.45) is 0 Å². The standard InChI is InChI=1S/C21H19F6N3O4/c1-33-16-4-3-15(9-17(16)34-2)30-10-14(8-18(30)31)29-19(32)28-13-6-11(20(22,23)24)5-12(7-13)21(25,26)27/h3-7,9,14H,8,10H2,1-2H3,(H2,28,29,32). The van der Waals surface area contributed by atoms with E-state index < -0.39 is 41.2 Å². The lowest BCUT2D eigenvalue weighted by Crippen LogP contribution is -2.39. The normalized spacial score (nSPS) is 16.4. The first-order valence-electron chi connectivity index (χ1n) is 9.71. The third-order valence-electron chi connectivity index (χ3n) is 4.98. The number of anilines is 2. The minimum Gasteiger partial charge on any atom is -0.493 e. The van der Waals surface area contributed by atoms with Crippen LogP contribution in [0, 0.1) is 0 Å². The van der Waals surface area contributed by atoms with Gasteiger partial charge in [-0.3, -0.25) is 4.79 Å². The summed E-state index contributed by atoms with van der Waals surface area (Å²) in [6, 6.07) is 3.69. The molecule has 3 rings (SSSR count). The molecule has 2 aromatic rings. The highest BCUT2D eigenvalue weighted by Gasteiger charge is 2.37. The molecule has 184 valence electrons. The van der Waals surface area contributed by atoms with Crippen molar-refractivity contribution < 1.29 is 45.4 Å². The lowest BCUT2D eigenvalue weighted by Gasteiger charge is -2.19. The van der Waals surface area contributed by atoms with E-state index in [1.807, 2.05) is 5.32 Å². The third-order valence-corrected chi connectivity index (χ3v) is 4.98. The summed E-state index contributed by atoms with van der Waals surface area (Å²) < 4.78 is 88.3. The first kappa shape index (κ1) is 25.0. The molecule has 0 radical (unpaired) electrons. The lowest BCUT2D eigenvalue weighted by molar-refractivity contribution is -0.143. The fourth-order valence-electron chi connectivity index (χ4n) is 3.43. The molecule has 13 heteroatoms. The van der Waals surface area contributed by atoms with Crippen LogP contribution in [0.15, 0.2) is 36.4 Å². The Kier molecular flexibility index (Phi) is 6.84. The zero-order valence-corrected chi connectivity index (χ0v) is 17.8. The van der Waals surface area contributed by atoms with E-state index in [1.54, 1.807) is 18.2 Å². The van der Waals surface area contributed by atoms with Gasteiger partial charge in [0, 0.05) is 30.4 Å². The summed E-state index contributed by atoms with van der Waals surface area (Å²) in [7, 11) is 2.86. The monoisotopic (exact) mass is 491 g/mol. The summed E-state index contributed by atoms with van der Waals surface area (Å²) in [4.78, 5) is 26.1. The molecule has 0 aromatic heterocycles. The number of alkyl halides is 6. The first-order chi connectivity index (χ1) is 15.8. The number of rotatable bonds is 5. The van der Waals surface area contributed by atoms with Crippen LogP contribution in [-0.2, 0) is 17.1 Å². The Balaban J connectivity index is 1.72. The maximum absolute atomic E-state index is 13.0. The molecule has 1 heterocycles. The van der Waals surface area contributed by atoms with Gasteiger partial charge in [0.2, 0.25) is 5.91 Å². The van der Waals surface area contributed by atoms with Crippen LogP contribution < -0.4 is 25.0 Å². The first-order valence-corrected chi connectivity index (χ1v) is 9.71. The molecule has 1 atom stereocenters. The van der Waals surface area contributed by atoms with Crippen LogP contribution in [0.2, 0.25) is 0 Å². The van der Waals surface area contributed by atoms with Gasteiger partial charge in [-0.25, -0.2) is 4.79 Å². The number of carbonyl (C=O) groups is 2. The van der Waals surface area contributed by atoms with Gasteiger partial charge in [0.05, 0.1) is 31.4 Å². The van der Waals surface area contributed by atoms with E-state index in [4.69, 9.17) is 9.47 Å². The second-order valence-corrected chi connectivity index (χ2v) is 7.34. The highest BCUT2D eigenvalue weighted by atomic mass is 19.4. The van der Waals surface area contributed by atoms with Crippen molar-refractivity contribution in [3.8, 4) is 11.5 Å². The number of methoxy groups -OCH3 is 2. The SMILES string of the molecule is COc1ccc(N2CC(NC(=O)Nc3cc(C(F)(F)F)cc(C(F)(F)F)c3)CC2=O)cc1OC. The summed E-state index contributed by atoms with van der Waals surface area (Å²) in [5.74, 6) is 0.453. The van der Waals surface area contributed by atoms with Gasteiger partial charge in [-0.05, 0) is 30.3 Å². The molecule has 2 N–H and O–H groups in total. The summed E-state index contributed by atoms with van der Waals surface area (Å²) in [6.07, 6.45) is -10.2. The molecule has 1 aliphatic rings. The molecule has 0 aliphatic carbocycles. The van der Waals surface area contributed by atoms with Crippen molar-refractivity contribution in [3.05, 3.63) is 47.5 Å². The average molecular weight is 491 g/mol. The van der Waals surface area contributed by atoms with Crippen molar-refractivity contribution in [2.75, 3.05) is 31.0 Å². The van der Waals surface area contributed by atoms with Crippen LogP contribution >= 0.6 is 0 Å². The van der Waals surface area contributed by atoms with Crippen molar-refractivity contribution in [3.63, 3.8) is 0 Å². The van der Waals surface area contributed by atoms with E-state index >= 15 is 0 Å². The van der Waals surface area contributed by atoms with Crippen LogP contribution in [0.4, 0.5) is 42.5 Å². The van der Waals surface area contributed by atoms with Crippen molar-refractivity contribution in [1.82, 2.24) is 5.32 Å². The van der Waals surface area contributed by atoms with Crippen LogP contribution in [-0.4, -0.2) is 38.7 Å². The Bertz CT molecular complexity index is 1050. The van der Waals surface area contributed by atoms with Gasteiger partial charge in [0.25, 0.3) is 0 Å². The summed E-state index contributed by atoms with van der Waals surface area (Å²) in [5, 5.41) is 4.37. The highest BCUT2D eigenvalue weighted by Crippen LogP contribution is 2.37. The number of halogens is 6. The van der Waals surface area contributed by atoms with E-state index in [2.05, 4.69) is 5.32 Å². The zero-order chi connectivity index (χ0) is 25.3. The van der Waals surface area contributed by atoms with Crippen LogP contribution in [0.25, 0.3) is 0 Å². The van der Waals surface area contributed by atoms with Gasteiger partial charge in [0.1, 0.15) is 0 Å². The Morgan fingerprint density at radius 2 is 1.53 bits per heavy atom. The minimum atomic E-state index is -5.05. The average Bonchev–Trinajstić information content (AvgIpc) is 3.11. The van der Waals surface area contributed by atoms with E-state index in [0.717, 1.165) is 0 Å². The topological polar surface area (TPSA) is 79.9 Å². The summed E-state index contributed by atoms with van der Waals surface area (Å²) in [5.41, 5.74) is -3.36. The largest absolute Gasteiger partial charge is 0.493 e. The molecule has 3 amide bonds. The van der Waals surface area contributed by atoms with Crippen molar-refractivity contribution >= 4 is 23.3 Å². The van der Waals surface area contributed by atoms with Gasteiger partial charge in [0.15, 0.2) is 11.5 Å². The Morgan fingerprint density at radius 3 is 2.06 bits per heavy atom. The van der Waals surface area contributed by atoms with Crippen molar-refractivity contribution in [1.29, 1.82) is 0 Å². The second-order valence-electron chi connectivity index (χ2n) is 7.34. The fraction of sp³-hybridized carbons (Fsp3) is 0.333. The zero-order valence-electron chi connectivity index (χ0n) is 17.8. The number of amides is 3. The third kappa shape index (κ3) is 5.64. The number of nitrogens with zero attached hydrogens (tertiary/aromatic N) is 1. The molecule has 1 aliphatic heterocycles. The Labute approximate surface area is 189 Å². The molecule has 34 heavy (non-hydrogen) atoms. The molecule has 0 spiro atoms. The number of nitrogens with one attached hydrogen (secondary N) is 2. The Hall–Kier alpha value is -3.64. The van der Waals surface area contributed by atoms with E-state index in [0.29, 0.717) is 29.3 Å². The summed E-state index contributed by atoms with van der Waals surface area (Å²) >= 11 is 0. The molecule has 2 aromatic carbocycles. The lowest BCUT2D eigenvalue weighted by atomic mass is 10.1. The number of urea groups is 1. The summed E-state index contributed by atoms with van der Waals surface area (Å²) in [6.45, 7) is 0.0259. The smallest absolute Gasteiger partial charge is 0.416 e. The van der Waals surface area contributed by atoms with Gasteiger partial charge >= 0.3 is 18.4 Å². The second kappa shape index (κ2) is 9.31. The maximum atomic E-state index is 13.0. The number of hydrogen-bond donors (Lipinski definition) is 2. The predicted molar refractivity (Wildman–Crippen MR) is 109 cm³/mol. The van der Waals surface area contributed by atoms with E-state index in [1.165, 1.54) is 19.1 Å². The molecule has 7 nitrogen and oxygen atoms in total. The number of benzene rings is 2. The number of hydrogen-bond acceptors (Lipinski definition) is 4. The molecule has 1 unspecified atom stereocenters. The minimum absolute atomic E-state index is 0.0259. The van der Waals surface area contributed by atoms with Gasteiger partial charge in [-0.2, -0.15) is 26.3 Å². The molecule has 0 saturated carbocycles. The molecular weight excluding hydrogens is 472 g/mol. The molecular formula is C21H19F6N3O4. The van der Waals surface area contributed by atoms with Crippen LogP contribution in [0.1, 0.15) is 17.5 Å². The van der Waals surface area contributed by atoms with E-state index in [9.17, 15) is 35.9 Å². The highest BCUT2D eigenvalue weighted by molar-refractivity contribution is 5.98. The molecule has 1 saturated heterocycles. The molecule has 1 fully saturated rings.